The van der Waals surface area contributed by atoms with Crippen LogP contribution in [-0.2, 0) is 25.5 Å². The second-order valence-electron chi connectivity index (χ2n) is 10.5. The molecule has 4 rings (SSSR count). The fourth-order valence-electron chi connectivity index (χ4n) is 5.59. The Bertz CT molecular complexity index is 944. The molecular weight excluding hydrogens is 456 g/mol. The number of allylic oxidation sites excluding steroid dienone is 2. The van der Waals surface area contributed by atoms with E-state index in [0.29, 0.717) is 64.8 Å². The minimum absolute atomic E-state index is 0.0206. The van der Waals surface area contributed by atoms with Crippen LogP contribution < -0.4 is 16.4 Å². The average Bonchev–Trinajstić information content (AvgIpc) is 2.91. The van der Waals surface area contributed by atoms with Crippen molar-refractivity contribution in [1.29, 1.82) is 0 Å². The topological polar surface area (TPSA) is 114 Å². The fraction of sp³-hybridized carbons (Fsp3) is 0.607. The largest absolute Gasteiger partial charge is 0.381 e. The molecule has 0 bridgehead atoms. The first-order chi connectivity index (χ1) is 17.4. The number of nitrogens with one attached hydrogen (secondary N) is 2. The summed E-state index contributed by atoms with van der Waals surface area (Å²) < 4.78 is 5.56. The van der Waals surface area contributed by atoms with Crippen molar-refractivity contribution in [2.45, 2.75) is 70.0 Å². The molecule has 0 unspecified atom stereocenters. The summed E-state index contributed by atoms with van der Waals surface area (Å²) in [5.74, 6) is -0.172. The summed E-state index contributed by atoms with van der Waals surface area (Å²) in [5, 5.41) is 6.36. The Morgan fingerprint density at radius 2 is 1.92 bits per heavy atom. The van der Waals surface area contributed by atoms with E-state index < -0.39 is 17.5 Å². The first-order valence-corrected chi connectivity index (χ1v) is 13.3. The van der Waals surface area contributed by atoms with E-state index in [1.807, 2.05) is 42.2 Å². The molecule has 0 radical (unpaired) electrons. The SMILES string of the molecule is CC[C@@H](N)C(=O)N1CC[C@@H]2NC(=O)[C@H](Cc3ccccc3)NC(=O)C3(C/C=C/C[C@H]2C1)CCOCC3. The Morgan fingerprint density at radius 3 is 2.64 bits per heavy atom. The number of ether oxygens (including phenoxy) is 1. The van der Waals surface area contributed by atoms with Crippen LogP contribution in [0.5, 0.6) is 0 Å². The molecule has 8 nitrogen and oxygen atoms in total. The third kappa shape index (κ3) is 6.16. The molecule has 3 aliphatic heterocycles. The minimum Gasteiger partial charge on any atom is -0.381 e. The molecule has 1 aromatic carbocycles. The van der Waals surface area contributed by atoms with E-state index >= 15 is 0 Å². The van der Waals surface area contributed by atoms with Crippen molar-refractivity contribution in [2.24, 2.45) is 17.1 Å². The molecule has 3 heterocycles. The second kappa shape index (κ2) is 12.0. The maximum atomic E-state index is 13.6. The van der Waals surface area contributed by atoms with Crippen molar-refractivity contribution >= 4 is 17.7 Å². The Balaban J connectivity index is 1.59. The first kappa shape index (κ1) is 26.4. The summed E-state index contributed by atoms with van der Waals surface area (Å²) in [7, 11) is 0. The zero-order chi connectivity index (χ0) is 25.5. The van der Waals surface area contributed by atoms with E-state index in [1.165, 1.54) is 0 Å². The van der Waals surface area contributed by atoms with Gasteiger partial charge in [-0.05, 0) is 44.1 Å². The predicted octanol–water partition coefficient (Wildman–Crippen LogP) is 1.93. The van der Waals surface area contributed by atoms with Crippen molar-refractivity contribution in [1.82, 2.24) is 15.5 Å². The number of nitrogens with zero attached hydrogens (tertiary/aromatic N) is 1. The number of hydrogen-bond acceptors (Lipinski definition) is 5. The van der Waals surface area contributed by atoms with Crippen LogP contribution in [0.3, 0.4) is 0 Å². The molecule has 0 aromatic heterocycles. The maximum Gasteiger partial charge on any atom is 0.243 e. The lowest BCUT2D eigenvalue weighted by molar-refractivity contribution is -0.140. The van der Waals surface area contributed by atoms with Gasteiger partial charge in [-0.3, -0.25) is 14.4 Å². The molecule has 8 heteroatoms. The van der Waals surface area contributed by atoms with Crippen LogP contribution in [0, 0.1) is 11.3 Å². The van der Waals surface area contributed by atoms with E-state index in [1.54, 1.807) is 0 Å². The van der Waals surface area contributed by atoms with E-state index in [-0.39, 0.29) is 29.7 Å². The summed E-state index contributed by atoms with van der Waals surface area (Å²) in [6.07, 6.45) is 8.52. The van der Waals surface area contributed by atoms with E-state index in [2.05, 4.69) is 22.8 Å². The van der Waals surface area contributed by atoms with Gasteiger partial charge < -0.3 is 26.0 Å². The third-order valence-corrected chi connectivity index (χ3v) is 8.08. The lowest BCUT2D eigenvalue weighted by Gasteiger charge is -2.41. The molecular formula is C28H40N4O4. The normalized spacial score (nSPS) is 28.6. The van der Waals surface area contributed by atoms with Crippen LogP contribution in [0.15, 0.2) is 42.5 Å². The number of hydrogen-bond donors (Lipinski definition) is 3. The quantitative estimate of drug-likeness (QED) is 0.551. The van der Waals surface area contributed by atoms with Crippen molar-refractivity contribution in [3.05, 3.63) is 48.0 Å². The number of carbonyl (C=O) groups is 3. The van der Waals surface area contributed by atoms with Crippen LogP contribution in [0.25, 0.3) is 0 Å². The fourth-order valence-corrected chi connectivity index (χ4v) is 5.59. The van der Waals surface area contributed by atoms with Gasteiger partial charge in [-0.1, -0.05) is 49.4 Å². The van der Waals surface area contributed by atoms with Crippen molar-refractivity contribution < 1.29 is 19.1 Å². The Kier molecular flexibility index (Phi) is 8.80. The maximum absolute atomic E-state index is 13.6. The Labute approximate surface area is 214 Å². The molecule has 36 heavy (non-hydrogen) atoms. The van der Waals surface area contributed by atoms with Crippen LogP contribution in [0.1, 0.15) is 51.0 Å². The second-order valence-corrected chi connectivity index (χ2v) is 10.5. The Hall–Kier alpha value is -2.71. The third-order valence-electron chi connectivity index (χ3n) is 8.08. The number of nitrogens with two attached hydrogens (primary N) is 1. The van der Waals surface area contributed by atoms with Gasteiger partial charge in [0.25, 0.3) is 0 Å². The molecule has 4 N–H and O–H groups in total. The molecule has 0 aliphatic carbocycles. The molecule has 0 saturated carbocycles. The number of fused-ring (bicyclic) bond motifs is 1. The highest BCUT2D eigenvalue weighted by Gasteiger charge is 2.41. The smallest absolute Gasteiger partial charge is 0.243 e. The molecule has 3 amide bonds. The summed E-state index contributed by atoms with van der Waals surface area (Å²) in [6, 6.07) is 8.55. The number of carbonyl (C=O) groups excluding carboxylic acids is 3. The lowest BCUT2D eigenvalue weighted by atomic mass is 9.75. The molecule has 196 valence electrons. The highest BCUT2D eigenvalue weighted by Crippen LogP contribution is 2.36. The zero-order valence-electron chi connectivity index (χ0n) is 21.3. The Morgan fingerprint density at radius 1 is 1.17 bits per heavy atom. The van der Waals surface area contributed by atoms with Crippen molar-refractivity contribution in [2.75, 3.05) is 26.3 Å². The monoisotopic (exact) mass is 496 g/mol. The number of amides is 3. The number of likely N-dealkylation sites (tertiary alicyclic amines) is 1. The number of piperidine rings is 1. The van der Waals surface area contributed by atoms with Crippen molar-refractivity contribution in [3.8, 4) is 0 Å². The van der Waals surface area contributed by atoms with Gasteiger partial charge >= 0.3 is 0 Å². The van der Waals surface area contributed by atoms with Gasteiger partial charge in [0.05, 0.1) is 11.5 Å². The minimum atomic E-state index is -0.670. The molecule has 1 aromatic rings. The van der Waals surface area contributed by atoms with Gasteiger partial charge in [0.15, 0.2) is 0 Å². The van der Waals surface area contributed by atoms with Crippen LogP contribution in [-0.4, -0.2) is 67.1 Å². The van der Waals surface area contributed by atoms with E-state index in [4.69, 9.17) is 10.5 Å². The van der Waals surface area contributed by atoms with Gasteiger partial charge in [-0.25, -0.2) is 0 Å². The molecule has 4 atom stereocenters. The number of rotatable bonds is 4. The van der Waals surface area contributed by atoms with Gasteiger partial charge in [0, 0.05) is 44.7 Å². The first-order valence-electron chi connectivity index (χ1n) is 13.3. The average molecular weight is 497 g/mol. The highest BCUT2D eigenvalue weighted by atomic mass is 16.5. The molecule has 2 fully saturated rings. The van der Waals surface area contributed by atoms with Gasteiger partial charge in [0.1, 0.15) is 6.04 Å². The summed E-state index contributed by atoms with van der Waals surface area (Å²) in [6.45, 7) is 4.13. The van der Waals surface area contributed by atoms with E-state index in [0.717, 1.165) is 12.0 Å². The molecule has 1 spiro atoms. The standard InChI is InChI=1S/C28H40N4O4/c1-2-22(29)26(34)32-15-11-23-21(19-32)10-6-7-12-28(13-16-36-17-14-28)27(35)31-24(25(33)30-23)18-20-8-4-3-5-9-20/h3-9,21-24H,2,10-19,29H2,1H3,(H,30,33)(H,31,35)/b7-6+/t21-,22+,23-,24-/m0/s1. The van der Waals surface area contributed by atoms with Gasteiger partial charge in [-0.15, -0.1) is 0 Å². The predicted molar refractivity (Wildman–Crippen MR) is 138 cm³/mol. The van der Waals surface area contributed by atoms with Crippen molar-refractivity contribution in [3.63, 3.8) is 0 Å². The zero-order valence-corrected chi connectivity index (χ0v) is 21.3. The number of benzene rings is 1. The van der Waals surface area contributed by atoms with Crippen LogP contribution in [0.4, 0.5) is 0 Å². The summed E-state index contributed by atoms with van der Waals surface area (Å²) >= 11 is 0. The van der Waals surface area contributed by atoms with Gasteiger partial charge in [0.2, 0.25) is 17.7 Å². The van der Waals surface area contributed by atoms with E-state index in [9.17, 15) is 14.4 Å². The summed E-state index contributed by atoms with van der Waals surface area (Å²) in [5.41, 5.74) is 6.45. The van der Waals surface area contributed by atoms with Gasteiger partial charge in [-0.2, -0.15) is 0 Å². The lowest BCUT2D eigenvalue weighted by Crippen LogP contribution is -2.59. The van der Waals surface area contributed by atoms with Crippen LogP contribution in [0.2, 0.25) is 0 Å². The van der Waals surface area contributed by atoms with Crippen LogP contribution >= 0.6 is 0 Å². The highest BCUT2D eigenvalue weighted by molar-refractivity contribution is 5.90. The molecule has 3 aliphatic rings. The summed E-state index contributed by atoms with van der Waals surface area (Å²) in [4.78, 5) is 41.8. The molecule has 2 saturated heterocycles.